The van der Waals surface area contributed by atoms with E-state index in [9.17, 15) is 4.79 Å². The summed E-state index contributed by atoms with van der Waals surface area (Å²) in [7, 11) is 0. The number of nitrogens with zero attached hydrogens (tertiary/aromatic N) is 4. The zero-order valence-corrected chi connectivity index (χ0v) is 18.1. The number of hydrogen-bond acceptors (Lipinski definition) is 4. The number of benzene rings is 1. The van der Waals surface area contributed by atoms with Gasteiger partial charge in [-0.05, 0) is 49.9 Å². The highest BCUT2D eigenvalue weighted by molar-refractivity contribution is 5.80. The average Bonchev–Trinajstić information content (AvgIpc) is 3.46. The van der Waals surface area contributed by atoms with Gasteiger partial charge in [-0.1, -0.05) is 24.3 Å². The summed E-state index contributed by atoms with van der Waals surface area (Å²) in [6.45, 7) is 7.10. The van der Waals surface area contributed by atoms with E-state index >= 15 is 0 Å². The van der Waals surface area contributed by atoms with Crippen LogP contribution in [-0.2, 0) is 12.0 Å². The molecule has 4 heterocycles. The van der Waals surface area contributed by atoms with Gasteiger partial charge < -0.3 is 16.0 Å². The summed E-state index contributed by atoms with van der Waals surface area (Å²) >= 11 is 0. The van der Waals surface area contributed by atoms with Crippen molar-refractivity contribution in [2.75, 3.05) is 25.4 Å². The van der Waals surface area contributed by atoms with Gasteiger partial charge in [-0.2, -0.15) is 5.10 Å². The smallest absolute Gasteiger partial charge is 0.317 e. The van der Waals surface area contributed by atoms with Crippen molar-refractivity contribution in [1.29, 1.82) is 0 Å². The molecule has 1 saturated heterocycles. The van der Waals surface area contributed by atoms with Crippen LogP contribution in [-0.4, -0.2) is 45.3 Å². The second kappa shape index (κ2) is 7.41. The first-order valence-electron chi connectivity index (χ1n) is 10.9. The summed E-state index contributed by atoms with van der Waals surface area (Å²) in [5, 5.41) is 7.81. The number of nitrogens with one attached hydrogen (secondary N) is 1. The number of carbonyl (C=O) groups is 1. The number of fused-ring (bicyclic) bond motifs is 2. The third-order valence-corrected chi connectivity index (χ3v) is 6.74. The van der Waals surface area contributed by atoms with Crippen molar-refractivity contribution in [2.24, 2.45) is 0 Å². The number of hydrogen-bond donors (Lipinski definition) is 2. The van der Waals surface area contributed by atoms with Gasteiger partial charge in [0.25, 0.3) is 0 Å². The van der Waals surface area contributed by atoms with Gasteiger partial charge in [0.15, 0.2) is 0 Å². The summed E-state index contributed by atoms with van der Waals surface area (Å²) in [4.78, 5) is 18.7. The Labute approximate surface area is 182 Å². The summed E-state index contributed by atoms with van der Waals surface area (Å²) in [5.74, 6) is 0.523. The van der Waals surface area contributed by atoms with Gasteiger partial charge in [0.05, 0.1) is 5.69 Å². The summed E-state index contributed by atoms with van der Waals surface area (Å²) in [5.41, 5.74) is 12.5. The molecule has 1 atom stereocenters. The SMILES string of the molecule is CCNC(=O)N1CCC2(CCn3nc(-c4cnc(N)c(-c5ccccc5C)c4)cc32)C1. The van der Waals surface area contributed by atoms with Crippen molar-refractivity contribution < 1.29 is 4.79 Å². The van der Waals surface area contributed by atoms with Crippen LogP contribution in [0.3, 0.4) is 0 Å². The number of anilines is 1. The normalized spacial score (nSPS) is 19.7. The maximum atomic E-state index is 12.3. The van der Waals surface area contributed by atoms with Crippen LogP contribution in [0.4, 0.5) is 10.6 Å². The second-order valence-electron chi connectivity index (χ2n) is 8.65. The number of pyridine rings is 1. The highest BCUT2D eigenvalue weighted by atomic mass is 16.2. The molecule has 7 nitrogen and oxygen atoms in total. The molecule has 5 rings (SSSR count). The molecule has 31 heavy (non-hydrogen) atoms. The van der Waals surface area contributed by atoms with Crippen LogP contribution in [0.15, 0.2) is 42.6 Å². The van der Waals surface area contributed by atoms with E-state index in [1.807, 2.05) is 24.0 Å². The van der Waals surface area contributed by atoms with Crippen molar-refractivity contribution in [2.45, 2.75) is 38.6 Å². The van der Waals surface area contributed by atoms with E-state index in [2.05, 4.69) is 46.2 Å². The molecule has 0 bridgehead atoms. The minimum absolute atomic E-state index is 0.00356. The predicted octanol–water partition coefficient (Wildman–Crippen LogP) is 3.58. The Morgan fingerprint density at radius 1 is 1.19 bits per heavy atom. The molecule has 1 aromatic carbocycles. The number of aromatic nitrogens is 3. The van der Waals surface area contributed by atoms with Crippen LogP contribution in [0, 0.1) is 6.92 Å². The molecule has 3 N–H and O–H groups in total. The molecule has 1 spiro atoms. The highest BCUT2D eigenvalue weighted by Crippen LogP contribution is 2.44. The zero-order valence-electron chi connectivity index (χ0n) is 18.1. The molecule has 2 aromatic heterocycles. The molecule has 2 aliphatic heterocycles. The van der Waals surface area contributed by atoms with Gasteiger partial charge in [0.1, 0.15) is 5.82 Å². The van der Waals surface area contributed by atoms with Crippen LogP contribution in [0.5, 0.6) is 0 Å². The van der Waals surface area contributed by atoms with Crippen LogP contribution in [0.25, 0.3) is 22.4 Å². The Bertz CT molecular complexity index is 1150. The molecule has 0 aliphatic carbocycles. The zero-order chi connectivity index (χ0) is 21.6. The fraction of sp³-hybridized carbons (Fsp3) is 0.375. The van der Waals surface area contributed by atoms with Gasteiger partial charge in [0.2, 0.25) is 0 Å². The number of rotatable bonds is 3. The Morgan fingerprint density at radius 2 is 2.00 bits per heavy atom. The van der Waals surface area contributed by atoms with Gasteiger partial charge in [-0.25, -0.2) is 9.78 Å². The maximum Gasteiger partial charge on any atom is 0.317 e. The van der Waals surface area contributed by atoms with E-state index in [1.165, 1.54) is 5.69 Å². The molecule has 0 saturated carbocycles. The van der Waals surface area contributed by atoms with Crippen molar-refractivity contribution in [1.82, 2.24) is 25.0 Å². The number of aryl methyl sites for hydroxylation is 2. The maximum absolute atomic E-state index is 12.3. The average molecular weight is 417 g/mol. The molecule has 7 heteroatoms. The van der Waals surface area contributed by atoms with Gasteiger partial charge in [0, 0.05) is 54.6 Å². The Kier molecular flexibility index (Phi) is 4.68. The summed E-state index contributed by atoms with van der Waals surface area (Å²) in [6, 6.07) is 12.5. The lowest BCUT2D eigenvalue weighted by Gasteiger charge is -2.23. The number of urea groups is 1. The highest BCUT2D eigenvalue weighted by Gasteiger charge is 2.46. The standard InChI is InChI=1S/C24H28N6O/c1-3-26-23(31)29-10-8-24(15-29)9-11-30-21(24)13-20(28-30)17-12-19(22(25)27-14-17)18-7-5-4-6-16(18)2/h4-7,12-14H,3,8-11,15H2,1-2H3,(H2,25,27)(H,26,31). The largest absolute Gasteiger partial charge is 0.383 e. The lowest BCUT2D eigenvalue weighted by molar-refractivity contribution is 0.206. The monoisotopic (exact) mass is 416 g/mol. The summed E-state index contributed by atoms with van der Waals surface area (Å²) in [6.07, 6.45) is 3.81. The first-order chi connectivity index (χ1) is 15.0. The van der Waals surface area contributed by atoms with Crippen molar-refractivity contribution in [3.8, 4) is 22.4 Å². The van der Waals surface area contributed by atoms with E-state index < -0.39 is 0 Å². The molecule has 2 aliphatic rings. The lowest BCUT2D eigenvalue weighted by atomic mass is 9.82. The second-order valence-corrected chi connectivity index (χ2v) is 8.65. The molecule has 2 amide bonds. The number of likely N-dealkylation sites (tertiary alicyclic amines) is 1. The minimum Gasteiger partial charge on any atom is -0.383 e. The third kappa shape index (κ3) is 3.24. The summed E-state index contributed by atoms with van der Waals surface area (Å²) < 4.78 is 2.11. The molecule has 1 unspecified atom stereocenters. The molecular formula is C24H28N6O. The predicted molar refractivity (Wildman–Crippen MR) is 122 cm³/mol. The fourth-order valence-electron chi connectivity index (χ4n) is 5.03. The number of nitrogen functional groups attached to an aromatic ring is 1. The van der Waals surface area contributed by atoms with Crippen LogP contribution in [0.1, 0.15) is 31.0 Å². The van der Waals surface area contributed by atoms with E-state index in [0.29, 0.717) is 12.4 Å². The molecular weight excluding hydrogens is 388 g/mol. The Hall–Kier alpha value is -3.35. The first-order valence-corrected chi connectivity index (χ1v) is 10.9. The molecule has 160 valence electrons. The van der Waals surface area contributed by atoms with E-state index in [0.717, 1.165) is 60.4 Å². The topological polar surface area (TPSA) is 89.1 Å². The number of nitrogens with two attached hydrogens (primary N) is 1. The first kappa shape index (κ1) is 19.6. The Morgan fingerprint density at radius 3 is 2.81 bits per heavy atom. The van der Waals surface area contributed by atoms with Gasteiger partial charge in [-0.15, -0.1) is 0 Å². The van der Waals surface area contributed by atoms with Gasteiger partial charge in [-0.3, -0.25) is 4.68 Å². The van der Waals surface area contributed by atoms with Gasteiger partial charge >= 0.3 is 6.03 Å². The van der Waals surface area contributed by atoms with Crippen molar-refractivity contribution >= 4 is 11.8 Å². The molecule has 0 radical (unpaired) electrons. The lowest BCUT2D eigenvalue weighted by Crippen LogP contribution is -2.40. The fourth-order valence-corrected chi connectivity index (χ4v) is 5.03. The van der Waals surface area contributed by atoms with Crippen LogP contribution in [0.2, 0.25) is 0 Å². The van der Waals surface area contributed by atoms with Crippen LogP contribution < -0.4 is 11.1 Å². The van der Waals surface area contributed by atoms with E-state index in [4.69, 9.17) is 10.8 Å². The Balaban J connectivity index is 1.47. The van der Waals surface area contributed by atoms with Crippen molar-refractivity contribution in [3.63, 3.8) is 0 Å². The number of carbonyl (C=O) groups excluding carboxylic acids is 1. The van der Waals surface area contributed by atoms with E-state index in [-0.39, 0.29) is 11.4 Å². The third-order valence-electron chi connectivity index (χ3n) is 6.74. The molecule has 1 fully saturated rings. The molecule has 3 aromatic rings. The van der Waals surface area contributed by atoms with Crippen LogP contribution >= 0.6 is 0 Å². The quantitative estimate of drug-likeness (QED) is 0.683. The van der Waals surface area contributed by atoms with Crippen molar-refractivity contribution in [3.05, 3.63) is 53.9 Å². The van der Waals surface area contributed by atoms with E-state index in [1.54, 1.807) is 6.20 Å². The number of amides is 2. The minimum atomic E-state index is -0.00356.